The fourth-order valence-corrected chi connectivity index (χ4v) is 3.24. The van der Waals surface area contributed by atoms with Crippen LogP contribution in [0.5, 0.6) is 5.75 Å². The predicted molar refractivity (Wildman–Crippen MR) is 123 cm³/mol. The van der Waals surface area contributed by atoms with Gasteiger partial charge < -0.3 is 4.74 Å². The molecule has 0 fully saturated rings. The van der Waals surface area contributed by atoms with Gasteiger partial charge in [0.1, 0.15) is 17.9 Å². The number of aryl methyl sites for hydroxylation is 1. The van der Waals surface area contributed by atoms with Crippen LogP contribution in [0.15, 0.2) is 82.4 Å². The van der Waals surface area contributed by atoms with E-state index in [4.69, 9.17) is 4.74 Å². The number of hydrazone groups is 1. The van der Waals surface area contributed by atoms with Crippen LogP contribution in [0.2, 0.25) is 0 Å². The number of benzene rings is 3. The highest BCUT2D eigenvalue weighted by Gasteiger charge is 2.06. The van der Waals surface area contributed by atoms with Gasteiger partial charge in [-0.3, -0.25) is 4.79 Å². The minimum Gasteiger partial charge on any atom is -0.488 e. The van der Waals surface area contributed by atoms with Crippen molar-refractivity contribution in [3.63, 3.8) is 0 Å². The van der Waals surface area contributed by atoms with Crippen LogP contribution in [0.3, 0.4) is 0 Å². The zero-order chi connectivity index (χ0) is 21.5. The molecule has 156 valence electrons. The summed E-state index contributed by atoms with van der Waals surface area (Å²) >= 11 is 3.43. The monoisotopic (exact) mass is 477 g/mol. The van der Waals surface area contributed by atoms with Crippen molar-refractivity contribution in [3.8, 4) is 5.75 Å². The summed E-state index contributed by atoms with van der Waals surface area (Å²) < 4.78 is 8.66. The molecule has 0 unspecified atom stereocenters. The third-order valence-corrected chi connectivity index (χ3v) is 5.12. The lowest BCUT2D eigenvalue weighted by Crippen LogP contribution is -2.19. The zero-order valence-electron chi connectivity index (χ0n) is 16.6. The number of fused-ring (bicyclic) bond motifs is 1. The largest absolute Gasteiger partial charge is 0.488 e. The Morgan fingerprint density at radius 3 is 2.71 bits per heavy atom. The third kappa shape index (κ3) is 5.55. The van der Waals surface area contributed by atoms with Gasteiger partial charge in [0.15, 0.2) is 0 Å². The topological polar surface area (TPSA) is 81.4 Å². The number of halogens is 1. The number of para-hydroxylation sites is 2. The Morgan fingerprint density at radius 1 is 1.06 bits per heavy atom. The van der Waals surface area contributed by atoms with Crippen LogP contribution in [0.25, 0.3) is 11.0 Å². The van der Waals surface area contributed by atoms with Gasteiger partial charge in [0.2, 0.25) is 5.91 Å². The molecule has 31 heavy (non-hydrogen) atoms. The van der Waals surface area contributed by atoms with Gasteiger partial charge >= 0.3 is 0 Å². The van der Waals surface area contributed by atoms with Crippen LogP contribution in [-0.4, -0.2) is 27.1 Å². The van der Waals surface area contributed by atoms with Crippen molar-refractivity contribution in [1.29, 1.82) is 0 Å². The molecule has 1 N–H and O–H groups in total. The van der Waals surface area contributed by atoms with E-state index in [1.54, 1.807) is 10.9 Å². The van der Waals surface area contributed by atoms with Gasteiger partial charge in [-0.25, -0.2) is 10.1 Å². The minimum atomic E-state index is -0.205. The van der Waals surface area contributed by atoms with E-state index in [0.29, 0.717) is 18.9 Å². The number of carbonyl (C=O) groups is 1. The maximum Gasteiger partial charge on any atom is 0.241 e. The Balaban J connectivity index is 1.31. The van der Waals surface area contributed by atoms with Crippen molar-refractivity contribution in [2.24, 2.45) is 5.10 Å². The molecule has 7 nitrogen and oxygen atoms in total. The van der Waals surface area contributed by atoms with E-state index >= 15 is 0 Å². The highest BCUT2D eigenvalue weighted by Crippen LogP contribution is 2.18. The molecule has 0 saturated carbocycles. The molecule has 0 radical (unpaired) electrons. The van der Waals surface area contributed by atoms with Crippen molar-refractivity contribution in [1.82, 2.24) is 20.4 Å². The molecule has 0 spiro atoms. The van der Waals surface area contributed by atoms with E-state index in [9.17, 15) is 4.79 Å². The van der Waals surface area contributed by atoms with E-state index in [1.807, 2.05) is 72.8 Å². The summed E-state index contributed by atoms with van der Waals surface area (Å²) in [5, 5.41) is 12.2. The maximum atomic E-state index is 12.2. The molecular formula is C23H20BrN5O2. The van der Waals surface area contributed by atoms with Crippen molar-refractivity contribution in [3.05, 3.63) is 88.4 Å². The third-order valence-electron chi connectivity index (χ3n) is 4.59. The molecule has 1 heterocycles. The second-order valence-corrected chi connectivity index (χ2v) is 7.71. The fourth-order valence-electron chi connectivity index (χ4n) is 2.98. The van der Waals surface area contributed by atoms with E-state index in [2.05, 4.69) is 36.8 Å². The summed E-state index contributed by atoms with van der Waals surface area (Å²) in [5.74, 6) is 0.488. The second kappa shape index (κ2) is 9.99. The Morgan fingerprint density at radius 2 is 1.84 bits per heavy atom. The molecule has 0 atom stereocenters. The Bertz CT molecular complexity index is 1200. The average Bonchev–Trinajstić information content (AvgIpc) is 3.21. The summed E-state index contributed by atoms with van der Waals surface area (Å²) in [6.45, 7) is 0.866. The quantitative estimate of drug-likeness (QED) is 0.302. The van der Waals surface area contributed by atoms with E-state index in [0.717, 1.165) is 26.6 Å². The first-order valence-electron chi connectivity index (χ1n) is 9.75. The standard InChI is InChI=1S/C23H20BrN5O2/c24-19-11-9-17(10-12-19)16-31-22-8-4-1-5-18(22)15-25-27-23(30)13-14-29-21-7-3-2-6-20(21)26-28-29/h1-12,15H,13-14,16H2,(H,27,30). The lowest BCUT2D eigenvalue weighted by Gasteiger charge is -2.09. The fraction of sp³-hybridized carbons (Fsp3) is 0.130. The molecule has 3 aromatic carbocycles. The van der Waals surface area contributed by atoms with Crippen LogP contribution in [0.1, 0.15) is 17.5 Å². The van der Waals surface area contributed by atoms with Crippen LogP contribution in [0, 0.1) is 0 Å². The van der Waals surface area contributed by atoms with Gasteiger partial charge in [0, 0.05) is 16.5 Å². The maximum absolute atomic E-state index is 12.2. The summed E-state index contributed by atoms with van der Waals surface area (Å²) in [5.41, 5.74) is 6.10. The highest BCUT2D eigenvalue weighted by molar-refractivity contribution is 9.10. The minimum absolute atomic E-state index is 0.205. The van der Waals surface area contributed by atoms with Gasteiger partial charge in [-0.15, -0.1) is 5.10 Å². The van der Waals surface area contributed by atoms with Crippen molar-refractivity contribution >= 4 is 39.1 Å². The van der Waals surface area contributed by atoms with E-state index in [-0.39, 0.29) is 12.3 Å². The molecule has 4 aromatic rings. The first-order valence-corrected chi connectivity index (χ1v) is 10.5. The number of carbonyl (C=O) groups excluding carboxylic acids is 1. The first kappa shape index (κ1) is 20.7. The summed E-state index contributed by atoms with van der Waals surface area (Å²) in [6.07, 6.45) is 1.83. The van der Waals surface area contributed by atoms with Gasteiger partial charge in [0.05, 0.1) is 18.3 Å². The average molecular weight is 478 g/mol. The van der Waals surface area contributed by atoms with Crippen LogP contribution < -0.4 is 10.2 Å². The normalized spacial score (nSPS) is 11.1. The SMILES string of the molecule is O=C(CCn1nnc2ccccc21)NN=Cc1ccccc1OCc1ccc(Br)cc1. The molecule has 1 amide bonds. The molecular weight excluding hydrogens is 458 g/mol. The first-order chi connectivity index (χ1) is 15.2. The summed E-state index contributed by atoms with van der Waals surface area (Å²) in [7, 11) is 0. The highest BCUT2D eigenvalue weighted by atomic mass is 79.9. The number of aromatic nitrogens is 3. The molecule has 8 heteroatoms. The zero-order valence-corrected chi connectivity index (χ0v) is 18.2. The molecule has 0 saturated heterocycles. The molecule has 0 aliphatic carbocycles. The molecule has 0 bridgehead atoms. The van der Waals surface area contributed by atoms with Crippen molar-refractivity contribution < 1.29 is 9.53 Å². The number of nitrogens with one attached hydrogen (secondary N) is 1. The Kier molecular flexibility index (Phi) is 6.68. The number of ether oxygens (including phenoxy) is 1. The van der Waals surface area contributed by atoms with Crippen LogP contribution in [-0.2, 0) is 17.9 Å². The van der Waals surface area contributed by atoms with Gasteiger partial charge in [-0.2, -0.15) is 5.10 Å². The molecule has 0 aliphatic rings. The van der Waals surface area contributed by atoms with Gasteiger partial charge in [-0.1, -0.05) is 57.5 Å². The van der Waals surface area contributed by atoms with Crippen LogP contribution >= 0.6 is 15.9 Å². The Labute approximate surface area is 187 Å². The smallest absolute Gasteiger partial charge is 0.241 e. The number of amides is 1. The summed E-state index contributed by atoms with van der Waals surface area (Å²) in [6, 6.07) is 23.1. The number of hydrogen-bond donors (Lipinski definition) is 1. The number of hydrogen-bond acceptors (Lipinski definition) is 5. The second-order valence-electron chi connectivity index (χ2n) is 6.80. The Hall–Kier alpha value is -3.52. The van der Waals surface area contributed by atoms with E-state index in [1.165, 1.54) is 0 Å². The van der Waals surface area contributed by atoms with Crippen LogP contribution in [0.4, 0.5) is 0 Å². The lowest BCUT2D eigenvalue weighted by molar-refractivity contribution is -0.121. The van der Waals surface area contributed by atoms with Crippen molar-refractivity contribution in [2.75, 3.05) is 0 Å². The summed E-state index contributed by atoms with van der Waals surface area (Å²) in [4.78, 5) is 12.2. The van der Waals surface area contributed by atoms with Gasteiger partial charge in [0.25, 0.3) is 0 Å². The van der Waals surface area contributed by atoms with Crippen molar-refractivity contribution in [2.45, 2.75) is 19.6 Å². The van der Waals surface area contributed by atoms with E-state index < -0.39 is 0 Å². The predicted octanol–water partition coefficient (Wildman–Crippen LogP) is 4.31. The number of rotatable bonds is 8. The molecule has 1 aromatic heterocycles. The molecule has 4 rings (SSSR count). The van der Waals surface area contributed by atoms with Gasteiger partial charge in [-0.05, 0) is 42.0 Å². The number of nitrogens with zero attached hydrogens (tertiary/aromatic N) is 4. The lowest BCUT2D eigenvalue weighted by atomic mass is 10.2. The molecule has 0 aliphatic heterocycles.